The fourth-order valence-corrected chi connectivity index (χ4v) is 6.96. The van der Waals surface area contributed by atoms with E-state index in [1.807, 2.05) is 24.0 Å². The van der Waals surface area contributed by atoms with Crippen molar-refractivity contribution in [3.05, 3.63) is 24.2 Å². The van der Waals surface area contributed by atoms with Crippen LogP contribution >= 0.6 is 0 Å². The zero-order chi connectivity index (χ0) is 23.5. The second-order valence-electron chi connectivity index (χ2n) is 9.45. The molecule has 0 aromatic carbocycles. The van der Waals surface area contributed by atoms with E-state index in [0.717, 1.165) is 55.7 Å². The normalized spacial score (nSPS) is 22.1. The number of aryl methyl sites for hydroxylation is 1. The lowest BCUT2D eigenvalue weighted by atomic mass is 10.1. The summed E-state index contributed by atoms with van der Waals surface area (Å²) in [6.45, 7) is 5.66. The topological polar surface area (TPSA) is 111 Å². The fourth-order valence-electron chi connectivity index (χ4n) is 5.04. The second kappa shape index (κ2) is 10.3. The molecule has 11 heteroatoms. The molecule has 3 saturated heterocycles. The molecular weight excluding hydrogens is 456 g/mol. The predicted octanol–water partition coefficient (Wildman–Crippen LogP) is 2.39. The van der Waals surface area contributed by atoms with Gasteiger partial charge in [-0.15, -0.1) is 0 Å². The van der Waals surface area contributed by atoms with Crippen LogP contribution in [0.5, 0.6) is 0 Å². The lowest BCUT2D eigenvalue weighted by Crippen LogP contribution is -2.47. The molecular formula is C23H34N6O4S. The Morgan fingerprint density at radius 1 is 0.971 bits per heavy atom. The maximum atomic E-state index is 13.0. The van der Waals surface area contributed by atoms with E-state index in [9.17, 15) is 8.42 Å². The van der Waals surface area contributed by atoms with Gasteiger partial charge in [-0.25, -0.2) is 22.7 Å². The number of nitrogens with zero attached hydrogens (tertiary/aromatic N) is 5. The van der Waals surface area contributed by atoms with Gasteiger partial charge >= 0.3 is 0 Å². The van der Waals surface area contributed by atoms with Crippen LogP contribution in [0.4, 0.5) is 5.95 Å². The quantitative estimate of drug-likeness (QED) is 0.657. The third-order valence-corrected chi connectivity index (χ3v) is 9.55. The van der Waals surface area contributed by atoms with Crippen molar-refractivity contribution in [2.75, 3.05) is 44.8 Å². The van der Waals surface area contributed by atoms with Gasteiger partial charge < -0.3 is 14.8 Å². The van der Waals surface area contributed by atoms with Crippen LogP contribution in [0.15, 0.2) is 18.6 Å². The van der Waals surface area contributed by atoms with Gasteiger partial charge in [0, 0.05) is 63.5 Å². The maximum absolute atomic E-state index is 13.0. The minimum absolute atomic E-state index is 0.140. The van der Waals surface area contributed by atoms with Crippen molar-refractivity contribution in [2.24, 2.45) is 0 Å². The van der Waals surface area contributed by atoms with Gasteiger partial charge in [-0.05, 0) is 51.0 Å². The van der Waals surface area contributed by atoms with Crippen LogP contribution in [0, 0.1) is 6.92 Å². The van der Waals surface area contributed by atoms with Gasteiger partial charge in [-0.1, -0.05) is 0 Å². The smallest absolute Gasteiger partial charge is 0.223 e. The molecule has 0 atom stereocenters. The molecule has 1 N–H and O–H groups in total. The average molecular weight is 491 g/mol. The molecule has 3 aliphatic rings. The van der Waals surface area contributed by atoms with Gasteiger partial charge in [0.15, 0.2) is 0 Å². The number of ether oxygens (including phenoxy) is 2. The number of nitrogens with one attached hydrogen (secondary N) is 1. The highest BCUT2D eigenvalue weighted by Crippen LogP contribution is 2.27. The third-order valence-electron chi connectivity index (χ3n) is 7.15. The highest BCUT2D eigenvalue weighted by atomic mass is 32.2. The standard InChI is InChI=1S/C23H34N6O4S/c1-17-14-24-23(27-22(17)18-15-25-29(16-18)20-4-10-32-11-5-20)26-19-2-8-28(9-3-19)34(30,31)21-6-12-33-13-7-21/h14-16,19-21H,2-13H2,1H3,(H,24,26,27). The van der Waals surface area contributed by atoms with E-state index in [0.29, 0.717) is 51.1 Å². The molecule has 34 heavy (non-hydrogen) atoms. The van der Waals surface area contributed by atoms with Crippen LogP contribution in [0.1, 0.15) is 50.1 Å². The molecule has 0 unspecified atom stereocenters. The molecule has 5 heterocycles. The summed E-state index contributed by atoms with van der Waals surface area (Å²) in [6, 6.07) is 0.506. The summed E-state index contributed by atoms with van der Waals surface area (Å²) in [6.07, 6.45) is 10.4. The number of anilines is 1. The molecule has 186 valence electrons. The molecule has 0 saturated carbocycles. The van der Waals surface area contributed by atoms with Crippen LogP contribution < -0.4 is 5.32 Å². The summed E-state index contributed by atoms with van der Waals surface area (Å²) in [4.78, 5) is 9.28. The number of piperidine rings is 1. The molecule has 10 nitrogen and oxygen atoms in total. The molecule has 0 radical (unpaired) electrons. The van der Waals surface area contributed by atoms with Crippen molar-refractivity contribution in [3.63, 3.8) is 0 Å². The summed E-state index contributed by atoms with van der Waals surface area (Å²) in [5.41, 5.74) is 2.84. The molecule has 2 aromatic rings. The van der Waals surface area contributed by atoms with Gasteiger partial charge in [0.25, 0.3) is 0 Å². The van der Waals surface area contributed by atoms with Crippen molar-refractivity contribution in [1.82, 2.24) is 24.1 Å². The highest BCUT2D eigenvalue weighted by molar-refractivity contribution is 7.89. The second-order valence-corrected chi connectivity index (χ2v) is 11.7. The van der Waals surface area contributed by atoms with Crippen LogP contribution in [-0.2, 0) is 19.5 Å². The first-order valence-electron chi connectivity index (χ1n) is 12.3. The summed E-state index contributed by atoms with van der Waals surface area (Å²) in [5, 5.41) is 7.71. The zero-order valence-electron chi connectivity index (χ0n) is 19.7. The van der Waals surface area contributed by atoms with E-state index in [2.05, 4.69) is 21.6 Å². The first-order chi connectivity index (χ1) is 16.5. The Balaban J connectivity index is 1.21. The minimum Gasteiger partial charge on any atom is -0.381 e. The Morgan fingerprint density at radius 3 is 2.35 bits per heavy atom. The number of aromatic nitrogens is 4. The van der Waals surface area contributed by atoms with Crippen molar-refractivity contribution < 1.29 is 17.9 Å². The minimum atomic E-state index is -3.26. The van der Waals surface area contributed by atoms with E-state index < -0.39 is 10.0 Å². The van der Waals surface area contributed by atoms with Gasteiger partial charge in [-0.2, -0.15) is 5.10 Å². The summed E-state index contributed by atoms with van der Waals surface area (Å²) < 4.78 is 40.4. The van der Waals surface area contributed by atoms with E-state index in [1.54, 1.807) is 4.31 Å². The Hall–Kier alpha value is -2.08. The summed E-state index contributed by atoms with van der Waals surface area (Å²) in [7, 11) is -3.26. The summed E-state index contributed by atoms with van der Waals surface area (Å²) in [5.74, 6) is 0.574. The third kappa shape index (κ3) is 5.12. The van der Waals surface area contributed by atoms with E-state index in [4.69, 9.17) is 14.5 Å². The Kier molecular flexibility index (Phi) is 7.14. The van der Waals surface area contributed by atoms with Crippen LogP contribution in [0.3, 0.4) is 0 Å². The molecule has 0 spiro atoms. The van der Waals surface area contributed by atoms with E-state index in [1.165, 1.54) is 0 Å². The van der Waals surface area contributed by atoms with Gasteiger partial charge in [0.2, 0.25) is 16.0 Å². The maximum Gasteiger partial charge on any atom is 0.223 e. The molecule has 3 fully saturated rings. The summed E-state index contributed by atoms with van der Waals surface area (Å²) >= 11 is 0. The highest BCUT2D eigenvalue weighted by Gasteiger charge is 2.35. The SMILES string of the molecule is Cc1cnc(NC2CCN(S(=O)(=O)C3CCOCC3)CC2)nc1-c1cnn(C2CCOCC2)c1. The molecule has 0 aliphatic carbocycles. The first-order valence-corrected chi connectivity index (χ1v) is 13.8. The molecule has 2 aromatic heterocycles. The lowest BCUT2D eigenvalue weighted by molar-refractivity contribution is 0.0662. The fraction of sp³-hybridized carbons (Fsp3) is 0.696. The number of rotatable bonds is 6. The Morgan fingerprint density at radius 2 is 1.65 bits per heavy atom. The largest absolute Gasteiger partial charge is 0.381 e. The van der Waals surface area contributed by atoms with Crippen molar-refractivity contribution in [1.29, 1.82) is 0 Å². The first kappa shape index (κ1) is 23.7. The lowest BCUT2D eigenvalue weighted by Gasteiger charge is -2.35. The van der Waals surface area contributed by atoms with Crippen molar-refractivity contribution >= 4 is 16.0 Å². The van der Waals surface area contributed by atoms with Gasteiger partial charge in [0.1, 0.15) is 0 Å². The Labute approximate surface area is 201 Å². The van der Waals surface area contributed by atoms with Gasteiger partial charge in [-0.3, -0.25) is 4.68 Å². The number of hydrogen-bond donors (Lipinski definition) is 1. The van der Waals surface area contributed by atoms with E-state index >= 15 is 0 Å². The Bertz CT molecular complexity index is 1070. The molecule has 0 amide bonds. The van der Waals surface area contributed by atoms with Crippen LogP contribution in [-0.4, -0.2) is 83.3 Å². The van der Waals surface area contributed by atoms with Crippen LogP contribution in [0.25, 0.3) is 11.3 Å². The predicted molar refractivity (Wildman–Crippen MR) is 128 cm³/mol. The average Bonchev–Trinajstić information content (AvgIpc) is 3.37. The van der Waals surface area contributed by atoms with Gasteiger partial charge in [0.05, 0.1) is 23.2 Å². The van der Waals surface area contributed by atoms with E-state index in [-0.39, 0.29) is 11.3 Å². The monoisotopic (exact) mass is 490 g/mol. The number of sulfonamides is 1. The molecule has 0 bridgehead atoms. The molecule has 3 aliphatic heterocycles. The van der Waals surface area contributed by atoms with Crippen molar-refractivity contribution in [2.45, 2.75) is 62.8 Å². The van der Waals surface area contributed by atoms with Crippen LogP contribution in [0.2, 0.25) is 0 Å². The van der Waals surface area contributed by atoms with Crippen molar-refractivity contribution in [3.8, 4) is 11.3 Å². The zero-order valence-corrected chi connectivity index (χ0v) is 20.5. The number of hydrogen-bond acceptors (Lipinski definition) is 8. The molecule has 5 rings (SSSR count).